The van der Waals surface area contributed by atoms with Crippen LogP contribution in [0, 0.1) is 0 Å². The molecule has 0 saturated heterocycles. The molecule has 0 spiro atoms. The number of rotatable bonds is 9. The fraction of sp³-hybridized carbons (Fsp3) is 0.933. The first kappa shape index (κ1) is 20.4. The SMILES string of the molecule is CSC(=S)OCCCCCCCO[Si](C)(C)C(C)(C)C. The van der Waals surface area contributed by atoms with Crippen LogP contribution in [0.1, 0.15) is 52.9 Å². The molecule has 0 amide bonds. The molecular formula is C15H32O2S2Si. The summed E-state index contributed by atoms with van der Waals surface area (Å²) in [5, 5.41) is 0.319. The standard InChI is InChI=1S/C15H32O2S2Si/c1-15(2,3)20(5,6)17-13-11-9-7-8-10-12-16-14(18)19-4/h7-13H2,1-6H3. The highest BCUT2D eigenvalue weighted by molar-refractivity contribution is 8.22. The Morgan fingerprint density at radius 3 is 2.00 bits per heavy atom. The van der Waals surface area contributed by atoms with Gasteiger partial charge in [0.1, 0.15) is 0 Å². The Hall–Kier alpha value is 0.417. The van der Waals surface area contributed by atoms with Crippen LogP contribution in [-0.2, 0) is 9.16 Å². The number of hydrogen-bond acceptors (Lipinski definition) is 4. The van der Waals surface area contributed by atoms with E-state index in [4.69, 9.17) is 21.4 Å². The highest BCUT2D eigenvalue weighted by atomic mass is 32.2. The minimum Gasteiger partial charge on any atom is -0.479 e. The normalized spacial score (nSPS) is 12.5. The maximum absolute atomic E-state index is 6.16. The molecule has 0 aliphatic carbocycles. The number of hydrogen-bond donors (Lipinski definition) is 0. The Balaban J connectivity index is 3.44. The second kappa shape index (κ2) is 10.2. The van der Waals surface area contributed by atoms with Crippen molar-refractivity contribution >= 4 is 36.7 Å². The summed E-state index contributed by atoms with van der Waals surface area (Å²) in [5.41, 5.74) is 0. The van der Waals surface area contributed by atoms with Crippen molar-refractivity contribution in [1.82, 2.24) is 0 Å². The summed E-state index contributed by atoms with van der Waals surface area (Å²) >= 11 is 6.48. The van der Waals surface area contributed by atoms with E-state index in [1.54, 1.807) is 0 Å². The average Bonchev–Trinajstić information content (AvgIpc) is 2.34. The number of thiocarbonyl (C=S) groups is 1. The summed E-state index contributed by atoms with van der Waals surface area (Å²) in [4.78, 5) is 0. The summed E-state index contributed by atoms with van der Waals surface area (Å²) in [6.45, 7) is 13.2. The van der Waals surface area contributed by atoms with Gasteiger partial charge in [0.2, 0.25) is 4.38 Å². The Morgan fingerprint density at radius 2 is 1.50 bits per heavy atom. The van der Waals surface area contributed by atoms with Crippen LogP contribution in [0.25, 0.3) is 0 Å². The molecule has 2 nitrogen and oxygen atoms in total. The number of unbranched alkanes of at least 4 members (excludes halogenated alkanes) is 4. The van der Waals surface area contributed by atoms with Crippen molar-refractivity contribution in [3.05, 3.63) is 0 Å². The van der Waals surface area contributed by atoms with Crippen LogP contribution in [0.15, 0.2) is 0 Å². The van der Waals surface area contributed by atoms with Gasteiger partial charge in [0.05, 0.1) is 6.61 Å². The Morgan fingerprint density at radius 1 is 1.00 bits per heavy atom. The molecule has 0 aromatic carbocycles. The molecule has 0 radical (unpaired) electrons. The lowest BCUT2D eigenvalue weighted by molar-refractivity contribution is 0.274. The van der Waals surface area contributed by atoms with Gasteiger partial charge in [-0.1, -0.05) is 51.8 Å². The third-order valence-electron chi connectivity index (χ3n) is 3.94. The van der Waals surface area contributed by atoms with Gasteiger partial charge in [0, 0.05) is 6.61 Å². The van der Waals surface area contributed by atoms with Crippen LogP contribution in [0.4, 0.5) is 0 Å². The first-order valence-corrected chi connectivity index (χ1v) is 12.1. The quantitative estimate of drug-likeness (QED) is 0.309. The van der Waals surface area contributed by atoms with Crippen LogP contribution in [-0.4, -0.2) is 32.2 Å². The van der Waals surface area contributed by atoms with Gasteiger partial charge in [-0.3, -0.25) is 0 Å². The van der Waals surface area contributed by atoms with E-state index in [1.807, 2.05) is 6.26 Å². The van der Waals surface area contributed by atoms with E-state index >= 15 is 0 Å². The van der Waals surface area contributed by atoms with Crippen molar-refractivity contribution < 1.29 is 9.16 Å². The van der Waals surface area contributed by atoms with Crippen molar-refractivity contribution in [3.8, 4) is 0 Å². The second-order valence-corrected chi connectivity index (χ2v) is 12.9. The lowest BCUT2D eigenvalue weighted by Crippen LogP contribution is -2.40. The summed E-state index contributed by atoms with van der Waals surface area (Å²) in [6.07, 6.45) is 7.96. The van der Waals surface area contributed by atoms with Crippen LogP contribution in [0.5, 0.6) is 0 Å². The van der Waals surface area contributed by atoms with Crippen molar-refractivity contribution in [2.45, 2.75) is 71.0 Å². The minimum atomic E-state index is -1.54. The first-order chi connectivity index (χ1) is 9.20. The molecule has 0 heterocycles. The lowest BCUT2D eigenvalue weighted by atomic mass is 10.1. The fourth-order valence-electron chi connectivity index (χ4n) is 1.49. The number of ether oxygens (including phenoxy) is 1. The minimum absolute atomic E-state index is 0.319. The highest BCUT2D eigenvalue weighted by Crippen LogP contribution is 2.36. The van der Waals surface area contributed by atoms with Crippen molar-refractivity contribution in [3.63, 3.8) is 0 Å². The van der Waals surface area contributed by atoms with Crippen molar-refractivity contribution in [1.29, 1.82) is 0 Å². The van der Waals surface area contributed by atoms with Crippen LogP contribution in [0.3, 0.4) is 0 Å². The van der Waals surface area contributed by atoms with E-state index in [2.05, 4.69) is 33.9 Å². The molecule has 0 saturated carbocycles. The molecule has 0 fully saturated rings. The van der Waals surface area contributed by atoms with Gasteiger partial charge in [0.15, 0.2) is 8.32 Å². The Labute approximate surface area is 136 Å². The van der Waals surface area contributed by atoms with E-state index in [9.17, 15) is 0 Å². The molecule has 0 N–H and O–H groups in total. The number of thioether (sulfide) groups is 1. The summed E-state index contributed by atoms with van der Waals surface area (Å²) < 4.78 is 12.2. The van der Waals surface area contributed by atoms with E-state index in [-0.39, 0.29) is 0 Å². The van der Waals surface area contributed by atoms with Gasteiger partial charge >= 0.3 is 0 Å². The summed E-state index contributed by atoms with van der Waals surface area (Å²) in [5.74, 6) is 0. The molecule has 20 heavy (non-hydrogen) atoms. The van der Waals surface area contributed by atoms with Crippen molar-refractivity contribution in [2.75, 3.05) is 19.5 Å². The smallest absolute Gasteiger partial charge is 0.219 e. The Bertz CT molecular complexity index is 276. The van der Waals surface area contributed by atoms with E-state index in [0.717, 1.165) is 19.6 Å². The maximum Gasteiger partial charge on any atom is 0.219 e. The van der Waals surface area contributed by atoms with Crippen LogP contribution < -0.4 is 0 Å². The maximum atomic E-state index is 6.16. The molecular weight excluding hydrogens is 304 g/mol. The largest absolute Gasteiger partial charge is 0.479 e. The van der Waals surface area contributed by atoms with Gasteiger partial charge in [-0.05, 0) is 49.4 Å². The molecule has 0 atom stereocenters. The van der Waals surface area contributed by atoms with Gasteiger partial charge in [-0.2, -0.15) is 0 Å². The van der Waals surface area contributed by atoms with Crippen LogP contribution >= 0.6 is 24.0 Å². The van der Waals surface area contributed by atoms with E-state index < -0.39 is 8.32 Å². The third-order valence-corrected chi connectivity index (χ3v) is 9.55. The molecule has 5 heteroatoms. The average molecular weight is 337 g/mol. The molecule has 0 unspecified atom stereocenters. The molecule has 0 aliphatic heterocycles. The van der Waals surface area contributed by atoms with Crippen molar-refractivity contribution in [2.24, 2.45) is 0 Å². The molecule has 0 aromatic rings. The molecule has 0 bridgehead atoms. The Kier molecular flexibility index (Phi) is 10.4. The molecule has 0 rings (SSSR count). The van der Waals surface area contributed by atoms with Crippen LogP contribution in [0.2, 0.25) is 18.1 Å². The third kappa shape index (κ3) is 9.37. The predicted molar refractivity (Wildman–Crippen MR) is 98.3 cm³/mol. The van der Waals surface area contributed by atoms with Gasteiger partial charge in [0.25, 0.3) is 0 Å². The predicted octanol–water partition coefficient (Wildman–Crippen LogP) is 5.62. The fourth-order valence-corrected chi connectivity index (χ4v) is 2.86. The van der Waals surface area contributed by atoms with Gasteiger partial charge in [-0.25, -0.2) is 0 Å². The molecule has 0 aromatic heterocycles. The second-order valence-electron chi connectivity index (χ2n) is 6.68. The van der Waals surface area contributed by atoms with Gasteiger partial charge in [-0.15, -0.1) is 0 Å². The topological polar surface area (TPSA) is 18.5 Å². The zero-order valence-corrected chi connectivity index (χ0v) is 16.7. The van der Waals surface area contributed by atoms with E-state index in [1.165, 1.54) is 37.4 Å². The lowest BCUT2D eigenvalue weighted by Gasteiger charge is -2.36. The molecule has 0 aliphatic rings. The monoisotopic (exact) mass is 336 g/mol. The first-order valence-electron chi connectivity index (χ1n) is 7.55. The summed E-state index contributed by atoms with van der Waals surface area (Å²) in [6, 6.07) is 0. The zero-order chi connectivity index (χ0) is 15.6. The summed E-state index contributed by atoms with van der Waals surface area (Å²) in [7, 11) is -1.54. The van der Waals surface area contributed by atoms with Gasteiger partial charge < -0.3 is 9.16 Å². The molecule has 120 valence electrons. The highest BCUT2D eigenvalue weighted by Gasteiger charge is 2.36. The zero-order valence-electron chi connectivity index (χ0n) is 14.1. The van der Waals surface area contributed by atoms with E-state index in [0.29, 0.717) is 9.42 Å².